The number of amides is 1. The van der Waals surface area contributed by atoms with Gasteiger partial charge in [-0.2, -0.15) is 0 Å². The maximum atomic E-state index is 11.6. The molecule has 0 aliphatic rings. The maximum Gasteiger partial charge on any atom is 0.407 e. The lowest BCUT2D eigenvalue weighted by molar-refractivity contribution is 0.0521. The highest BCUT2D eigenvalue weighted by molar-refractivity contribution is 5.98. The molecule has 1 rings (SSSR count). The minimum atomic E-state index is -0.509. The van der Waals surface area contributed by atoms with Crippen molar-refractivity contribution in [3.05, 3.63) is 23.9 Å². The largest absolute Gasteiger partial charge is 0.444 e. The number of alkyl carbamates (subject to hydrolysis) is 1. The number of nitrogens with one attached hydrogen (secondary N) is 4. The lowest BCUT2D eigenvalue weighted by Crippen LogP contribution is -2.36. The van der Waals surface area contributed by atoms with Gasteiger partial charge in [-0.1, -0.05) is 6.92 Å². The van der Waals surface area contributed by atoms with Crippen LogP contribution in [-0.4, -0.2) is 41.6 Å². The van der Waals surface area contributed by atoms with Gasteiger partial charge in [0.05, 0.1) is 5.56 Å². The van der Waals surface area contributed by atoms with Gasteiger partial charge in [0.2, 0.25) is 5.90 Å². The van der Waals surface area contributed by atoms with E-state index in [9.17, 15) is 4.79 Å². The van der Waals surface area contributed by atoms with Crippen LogP contribution in [0.25, 0.3) is 0 Å². The van der Waals surface area contributed by atoms with E-state index in [1.54, 1.807) is 12.1 Å². The molecule has 25 heavy (non-hydrogen) atoms. The molecule has 0 fully saturated rings. The smallest absolute Gasteiger partial charge is 0.407 e. The van der Waals surface area contributed by atoms with Crippen LogP contribution in [0.15, 0.2) is 18.3 Å². The zero-order valence-electron chi connectivity index (χ0n) is 15.4. The second-order valence-corrected chi connectivity index (χ2v) is 6.79. The van der Waals surface area contributed by atoms with Crippen molar-refractivity contribution in [3.8, 4) is 0 Å². The Morgan fingerprint density at radius 2 is 1.96 bits per heavy atom. The van der Waals surface area contributed by atoms with Gasteiger partial charge in [-0.15, -0.1) is 0 Å². The maximum absolute atomic E-state index is 11.6. The monoisotopic (exact) mass is 349 g/mol. The summed E-state index contributed by atoms with van der Waals surface area (Å²) >= 11 is 0. The number of anilines is 1. The van der Waals surface area contributed by atoms with Crippen LogP contribution in [0.3, 0.4) is 0 Å². The van der Waals surface area contributed by atoms with E-state index in [1.165, 1.54) is 13.1 Å². The fourth-order valence-electron chi connectivity index (χ4n) is 1.77. The van der Waals surface area contributed by atoms with E-state index < -0.39 is 11.7 Å². The number of nitrogens with zero attached hydrogens (tertiary/aromatic N) is 1. The molecule has 0 saturated carbocycles. The Kier molecular flexibility index (Phi) is 7.35. The molecule has 0 spiro atoms. The summed E-state index contributed by atoms with van der Waals surface area (Å²) in [6.07, 6.45) is 1.08. The molecule has 1 aromatic rings. The van der Waals surface area contributed by atoms with Crippen molar-refractivity contribution in [2.45, 2.75) is 40.2 Å². The third kappa shape index (κ3) is 8.69. The highest BCUT2D eigenvalue weighted by Crippen LogP contribution is 2.08. The van der Waals surface area contributed by atoms with Gasteiger partial charge in [-0.25, -0.2) is 9.78 Å². The van der Waals surface area contributed by atoms with Crippen molar-refractivity contribution in [1.82, 2.24) is 10.3 Å². The van der Waals surface area contributed by atoms with Crippen LogP contribution in [0.1, 0.15) is 40.2 Å². The van der Waals surface area contributed by atoms with Crippen LogP contribution in [0.2, 0.25) is 0 Å². The molecular formula is C17H27N5O3. The average molecular weight is 349 g/mol. The molecule has 1 unspecified atom stereocenters. The number of hydrogen-bond acceptors (Lipinski definition) is 7. The molecule has 4 N–H and O–H groups in total. The van der Waals surface area contributed by atoms with Crippen molar-refractivity contribution in [3.63, 3.8) is 0 Å². The summed E-state index contributed by atoms with van der Waals surface area (Å²) in [6.45, 7) is 10.0. The number of ether oxygens (including phenoxy) is 2. The number of hydrogen-bond donors (Lipinski definition) is 4. The first kappa shape index (κ1) is 20.4. The summed E-state index contributed by atoms with van der Waals surface area (Å²) in [7, 11) is 0. The molecule has 8 nitrogen and oxygen atoms in total. The Balaban J connectivity index is 2.38. The third-order valence-electron chi connectivity index (χ3n) is 2.91. The number of carbonyl (C=O) groups excluding carboxylic acids is 1. The normalized spacial score (nSPS) is 12.0. The van der Waals surface area contributed by atoms with E-state index in [-0.39, 0.29) is 17.7 Å². The van der Waals surface area contributed by atoms with E-state index in [0.717, 1.165) is 0 Å². The number of aromatic nitrogens is 1. The third-order valence-corrected chi connectivity index (χ3v) is 2.91. The first-order chi connectivity index (χ1) is 11.6. The molecule has 1 amide bonds. The molecule has 8 heteroatoms. The van der Waals surface area contributed by atoms with Gasteiger partial charge in [-0.05, 0) is 38.8 Å². The van der Waals surface area contributed by atoms with Gasteiger partial charge < -0.3 is 20.1 Å². The van der Waals surface area contributed by atoms with E-state index in [0.29, 0.717) is 24.5 Å². The summed E-state index contributed by atoms with van der Waals surface area (Å²) in [4.78, 5) is 15.8. The topological polar surface area (TPSA) is 120 Å². The van der Waals surface area contributed by atoms with Crippen molar-refractivity contribution in [1.29, 1.82) is 10.8 Å². The van der Waals surface area contributed by atoms with Gasteiger partial charge in [0.15, 0.2) is 5.90 Å². The van der Waals surface area contributed by atoms with Crippen molar-refractivity contribution in [2.75, 3.05) is 18.4 Å². The van der Waals surface area contributed by atoms with Crippen molar-refractivity contribution >= 4 is 23.7 Å². The lowest BCUT2D eigenvalue weighted by atomic mass is 10.2. The molecule has 138 valence electrons. The SMILES string of the molecule is CC(=N)OC(=N)c1ccc(NCC(C)CNC(=O)OC(C)(C)C)nc1. The predicted octanol–water partition coefficient (Wildman–Crippen LogP) is 2.99. The molecule has 1 aromatic heterocycles. The van der Waals surface area contributed by atoms with Crippen LogP contribution < -0.4 is 10.6 Å². The van der Waals surface area contributed by atoms with Crippen molar-refractivity contribution < 1.29 is 14.3 Å². The van der Waals surface area contributed by atoms with Crippen LogP contribution in [0.4, 0.5) is 10.6 Å². The fourth-order valence-corrected chi connectivity index (χ4v) is 1.77. The lowest BCUT2D eigenvalue weighted by Gasteiger charge is -2.21. The van der Waals surface area contributed by atoms with Gasteiger partial charge in [0.25, 0.3) is 0 Å². The van der Waals surface area contributed by atoms with Gasteiger partial charge in [0.1, 0.15) is 11.4 Å². The molecule has 0 aliphatic heterocycles. The molecule has 1 atom stereocenters. The molecule has 0 aromatic carbocycles. The fraction of sp³-hybridized carbons (Fsp3) is 0.529. The summed E-state index contributed by atoms with van der Waals surface area (Å²) < 4.78 is 10.1. The van der Waals surface area contributed by atoms with Crippen LogP contribution in [0.5, 0.6) is 0 Å². The van der Waals surface area contributed by atoms with E-state index >= 15 is 0 Å². The quantitative estimate of drug-likeness (QED) is 0.465. The first-order valence-corrected chi connectivity index (χ1v) is 8.05. The average Bonchev–Trinajstić information content (AvgIpc) is 2.49. The molecule has 0 radical (unpaired) electrons. The molecule has 0 bridgehead atoms. The standard InChI is InChI=1S/C17H27N5O3/c1-11(9-22-16(23)25-17(3,4)5)8-20-14-7-6-13(10-21-14)15(19)24-12(2)18/h6-7,10-11,18-19H,8-9H2,1-5H3,(H,20,21)(H,22,23). The Labute approximate surface area is 148 Å². The van der Waals surface area contributed by atoms with E-state index in [1.807, 2.05) is 27.7 Å². The molecule has 1 heterocycles. The Morgan fingerprint density at radius 1 is 1.28 bits per heavy atom. The molecule has 0 aliphatic carbocycles. The first-order valence-electron chi connectivity index (χ1n) is 8.05. The highest BCUT2D eigenvalue weighted by Gasteiger charge is 2.16. The number of carbonyl (C=O) groups is 1. The van der Waals surface area contributed by atoms with E-state index in [2.05, 4.69) is 15.6 Å². The zero-order chi connectivity index (χ0) is 19.0. The van der Waals surface area contributed by atoms with E-state index in [4.69, 9.17) is 20.3 Å². The second kappa shape index (κ2) is 9.00. The predicted molar refractivity (Wildman–Crippen MR) is 97.4 cm³/mol. The summed E-state index contributed by atoms with van der Waals surface area (Å²) in [5, 5.41) is 20.8. The summed E-state index contributed by atoms with van der Waals surface area (Å²) in [6, 6.07) is 3.44. The van der Waals surface area contributed by atoms with Crippen LogP contribution in [-0.2, 0) is 9.47 Å². The highest BCUT2D eigenvalue weighted by atomic mass is 16.6. The van der Waals surface area contributed by atoms with Gasteiger partial charge >= 0.3 is 6.09 Å². The minimum Gasteiger partial charge on any atom is -0.444 e. The Hall–Kier alpha value is -2.64. The van der Waals surface area contributed by atoms with Crippen LogP contribution >= 0.6 is 0 Å². The Morgan fingerprint density at radius 3 is 2.48 bits per heavy atom. The summed E-state index contributed by atoms with van der Waals surface area (Å²) in [5.74, 6) is 0.684. The summed E-state index contributed by atoms with van der Waals surface area (Å²) in [5.41, 5.74) is -0.0120. The molecule has 0 saturated heterocycles. The van der Waals surface area contributed by atoms with Gasteiger partial charge in [0, 0.05) is 26.2 Å². The number of pyridine rings is 1. The zero-order valence-corrected chi connectivity index (χ0v) is 15.4. The minimum absolute atomic E-state index is 0.0430. The molecular weight excluding hydrogens is 322 g/mol. The van der Waals surface area contributed by atoms with Crippen molar-refractivity contribution in [2.24, 2.45) is 5.92 Å². The Bertz CT molecular complexity index is 608. The van der Waals surface area contributed by atoms with Gasteiger partial charge in [-0.3, -0.25) is 10.8 Å². The van der Waals surface area contributed by atoms with Crippen LogP contribution in [0, 0.1) is 16.7 Å². The number of rotatable bonds is 6. The second-order valence-electron chi connectivity index (χ2n) is 6.79.